The van der Waals surface area contributed by atoms with Crippen LogP contribution in [0.4, 0.5) is 4.79 Å². The number of benzene rings is 2. The first kappa shape index (κ1) is 20.1. The molecular formula is C24H23ClN2O4. The van der Waals surface area contributed by atoms with Gasteiger partial charge in [-0.1, -0.05) is 71.8 Å². The topological polar surface area (TPSA) is 67.9 Å². The van der Waals surface area contributed by atoms with E-state index in [2.05, 4.69) is 5.32 Å². The summed E-state index contributed by atoms with van der Waals surface area (Å²) in [6, 6.07) is 15.4. The van der Waals surface area contributed by atoms with Crippen LogP contribution in [0.15, 0.2) is 60.7 Å². The SMILES string of the molecule is Cc1ccc(CN2CC34C=CC(O3)C(OC(=O)NCc3ccccc3Cl)C4C2=O)cc1. The van der Waals surface area contributed by atoms with Gasteiger partial charge in [0, 0.05) is 18.1 Å². The Morgan fingerprint density at radius 1 is 1.26 bits per heavy atom. The van der Waals surface area contributed by atoms with Gasteiger partial charge in [-0.15, -0.1) is 0 Å². The van der Waals surface area contributed by atoms with Crippen LogP contribution in [0.25, 0.3) is 0 Å². The number of nitrogens with zero attached hydrogens (tertiary/aromatic N) is 1. The average Bonchev–Trinajstić information content (AvgIpc) is 3.38. The molecule has 31 heavy (non-hydrogen) atoms. The van der Waals surface area contributed by atoms with Crippen molar-refractivity contribution in [2.75, 3.05) is 6.54 Å². The van der Waals surface area contributed by atoms with Crippen LogP contribution in [0.1, 0.15) is 16.7 Å². The Morgan fingerprint density at radius 3 is 2.81 bits per heavy atom. The third-order valence-electron chi connectivity index (χ3n) is 6.24. The lowest BCUT2D eigenvalue weighted by molar-refractivity contribution is -0.134. The van der Waals surface area contributed by atoms with Crippen molar-refractivity contribution in [2.24, 2.45) is 5.92 Å². The minimum Gasteiger partial charge on any atom is -0.442 e. The highest BCUT2D eigenvalue weighted by Crippen LogP contribution is 2.50. The zero-order valence-electron chi connectivity index (χ0n) is 17.1. The number of alkyl carbamates (subject to hydrolysis) is 1. The summed E-state index contributed by atoms with van der Waals surface area (Å²) < 4.78 is 11.8. The standard InChI is InChI=1S/C24H23ClN2O4/c1-15-6-8-16(9-7-15)13-27-14-24-11-10-19(31-24)21(20(24)22(27)28)30-23(29)26-12-17-4-2-3-5-18(17)25/h2-11,19-21H,12-14H2,1H3,(H,26,29). The maximum absolute atomic E-state index is 13.2. The number of fused-ring (bicyclic) bond motifs is 1. The van der Waals surface area contributed by atoms with Crippen molar-refractivity contribution in [3.63, 3.8) is 0 Å². The number of carbonyl (C=O) groups excluding carboxylic acids is 2. The largest absolute Gasteiger partial charge is 0.442 e. The number of hydrogen-bond acceptors (Lipinski definition) is 4. The van der Waals surface area contributed by atoms with E-state index in [-0.39, 0.29) is 12.5 Å². The van der Waals surface area contributed by atoms with Gasteiger partial charge in [-0.3, -0.25) is 4.79 Å². The van der Waals surface area contributed by atoms with E-state index in [0.717, 1.165) is 11.1 Å². The second kappa shape index (κ2) is 7.70. The van der Waals surface area contributed by atoms with Crippen LogP contribution in [0.2, 0.25) is 5.02 Å². The van der Waals surface area contributed by atoms with Crippen LogP contribution < -0.4 is 5.32 Å². The molecule has 1 spiro atoms. The van der Waals surface area contributed by atoms with E-state index < -0.39 is 29.8 Å². The van der Waals surface area contributed by atoms with Gasteiger partial charge in [0.05, 0.1) is 6.54 Å². The summed E-state index contributed by atoms with van der Waals surface area (Å²) >= 11 is 6.14. The number of aryl methyl sites for hydroxylation is 1. The zero-order chi connectivity index (χ0) is 21.6. The van der Waals surface area contributed by atoms with Gasteiger partial charge in [0.2, 0.25) is 5.91 Å². The molecule has 2 fully saturated rings. The van der Waals surface area contributed by atoms with E-state index in [1.54, 1.807) is 11.0 Å². The minimum absolute atomic E-state index is 0.0451. The molecular weight excluding hydrogens is 416 g/mol. The summed E-state index contributed by atoms with van der Waals surface area (Å²) in [6.07, 6.45) is 2.21. The third-order valence-corrected chi connectivity index (χ3v) is 6.60. The predicted molar refractivity (Wildman–Crippen MR) is 115 cm³/mol. The number of rotatable bonds is 5. The summed E-state index contributed by atoms with van der Waals surface area (Å²) in [6.45, 7) is 3.24. The highest BCUT2D eigenvalue weighted by molar-refractivity contribution is 6.31. The summed E-state index contributed by atoms with van der Waals surface area (Å²) in [5.74, 6) is -0.574. The van der Waals surface area contributed by atoms with Crippen molar-refractivity contribution < 1.29 is 19.1 Å². The number of nitrogens with one attached hydrogen (secondary N) is 1. The Hall–Kier alpha value is -2.83. The fraction of sp³-hybridized carbons (Fsp3) is 0.333. The Labute approximate surface area is 185 Å². The molecule has 2 saturated heterocycles. The first-order valence-electron chi connectivity index (χ1n) is 10.3. The molecule has 1 N–H and O–H groups in total. The molecule has 3 aliphatic rings. The molecule has 0 aromatic heterocycles. The molecule has 160 valence electrons. The molecule has 2 amide bonds. The number of amides is 2. The normalized spacial score (nSPS) is 28.1. The highest BCUT2D eigenvalue weighted by Gasteiger charge is 2.66. The minimum atomic E-state index is -0.722. The van der Waals surface area contributed by atoms with Gasteiger partial charge in [-0.05, 0) is 24.1 Å². The zero-order valence-corrected chi connectivity index (χ0v) is 17.8. The number of carbonyl (C=O) groups is 2. The summed E-state index contributed by atoms with van der Waals surface area (Å²) in [5.41, 5.74) is 2.31. The van der Waals surface area contributed by atoms with E-state index in [1.165, 1.54) is 5.56 Å². The predicted octanol–water partition coefficient (Wildman–Crippen LogP) is 3.61. The van der Waals surface area contributed by atoms with Gasteiger partial charge in [0.25, 0.3) is 0 Å². The number of likely N-dealkylation sites (tertiary alicyclic amines) is 1. The molecule has 0 aliphatic carbocycles. The molecule has 7 heteroatoms. The second-order valence-electron chi connectivity index (χ2n) is 8.37. The van der Waals surface area contributed by atoms with Gasteiger partial charge in [0.1, 0.15) is 23.7 Å². The lowest BCUT2D eigenvalue weighted by Gasteiger charge is -2.24. The van der Waals surface area contributed by atoms with Crippen LogP contribution in [-0.2, 0) is 27.4 Å². The van der Waals surface area contributed by atoms with E-state index in [9.17, 15) is 9.59 Å². The highest BCUT2D eigenvalue weighted by atomic mass is 35.5. The summed E-state index contributed by atoms with van der Waals surface area (Å²) in [5, 5.41) is 3.30. The molecule has 3 heterocycles. The van der Waals surface area contributed by atoms with Crippen molar-refractivity contribution in [3.8, 4) is 0 Å². The lowest BCUT2D eigenvalue weighted by Crippen LogP contribution is -2.43. The molecule has 4 unspecified atom stereocenters. The fourth-order valence-electron chi connectivity index (χ4n) is 4.68. The van der Waals surface area contributed by atoms with Crippen molar-refractivity contribution in [3.05, 3.63) is 82.4 Å². The van der Waals surface area contributed by atoms with Crippen LogP contribution in [-0.4, -0.2) is 41.3 Å². The van der Waals surface area contributed by atoms with Gasteiger partial charge in [0.15, 0.2) is 0 Å². The van der Waals surface area contributed by atoms with Crippen LogP contribution in [0.5, 0.6) is 0 Å². The van der Waals surface area contributed by atoms with Crippen molar-refractivity contribution in [2.45, 2.75) is 37.8 Å². The third kappa shape index (κ3) is 3.60. The van der Waals surface area contributed by atoms with Crippen LogP contribution >= 0.6 is 11.6 Å². The van der Waals surface area contributed by atoms with Crippen molar-refractivity contribution in [1.29, 1.82) is 0 Å². The maximum Gasteiger partial charge on any atom is 0.407 e. The number of halogens is 1. The molecule has 0 saturated carbocycles. The molecule has 6 nitrogen and oxygen atoms in total. The molecule has 2 bridgehead atoms. The molecule has 0 radical (unpaired) electrons. The number of ether oxygens (including phenoxy) is 2. The van der Waals surface area contributed by atoms with E-state index in [0.29, 0.717) is 18.1 Å². The lowest BCUT2D eigenvalue weighted by atomic mass is 9.83. The van der Waals surface area contributed by atoms with Gasteiger partial charge in [-0.2, -0.15) is 0 Å². The Kier molecular flexibility index (Phi) is 4.99. The van der Waals surface area contributed by atoms with Gasteiger partial charge >= 0.3 is 6.09 Å². The molecule has 5 rings (SSSR count). The average molecular weight is 439 g/mol. The molecule has 2 aromatic rings. The van der Waals surface area contributed by atoms with Crippen molar-refractivity contribution in [1.82, 2.24) is 10.2 Å². The first-order valence-corrected chi connectivity index (χ1v) is 10.7. The second-order valence-corrected chi connectivity index (χ2v) is 8.78. The molecule has 3 aliphatic heterocycles. The van der Waals surface area contributed by atoms with Gasteiger partial charge < -0.3 is 19.7 Å². The fourth-order valence-corrected chi connectivity index (χ4v) is 4.88. The summed E-state index contributed by atoms with van der Waals surface area (Å²) in [7, 11) is 0. The van der Waals surface area contributed by atoms with Crippen molar-refractivity contribution >= 4 is 23.6 Å². The van der Waals surface area contributed by atoms with E-state index >= 15 is 0 Å². The van der Waals surface area contributed by atoms with Crippen LogP contribution in [0.3, 0.4) is 0 Å². The summed E-state index contributed by atoms with van der Waals surface area (Å²) in [4.78, 5) is 27.5. The first-order chi connectivity index (χ1) is 14.9. The van der Waals surface area contributed by atoms with E-state index in [1.807, 2.05) is 61.5 Å². The monoisotopic (exact) mass is 438 g/mol. The smallest absolute Gasteiger partial charge is 0.407 e. The Balaban J connectivity index is 1.26. The molecule has 2 aromatic carbocycles. The number of hydrogen-bond donors (Lipinski definition) is 1. The Bertz CT molecular complexity index is 1050. The Morgan fingerprint density at radius 2 is 2.03 bits per heavy atom. The molecule has 4 atom stereocenters. The van der Waals surface area contributed by atoms with E-state index in [4.69, 9.17) is 21.1 Å². The quantitative estimate of drug-likeness (QED) is 0.724. The van der Waals surface area contributed by atoms with Crippen LogP contribution in [0, 0.1) is 12.8 Å². The maximum atomic E-state index is 13.2. The van der Waals surface area contributed by atoms with Gasteiger partial charge in [-0.25, -0.2) is 4.79 Å².